The van der Waals surface area contributed by atoms with Crippen LogP contribution in [0.5, 0.6) is 11.5 Å². The van der Waals surface area contributed by atoms with E-state index in [1.165, 1.54) is 11.1 Å². The lowest BCUT2D eigenvalue weighted by atomic mass is 10.1. The Balaban J connectivity index is 1.69. The van der Waals surface area contributed by atoms with Crippen LogP contribution in [0.4, 0.5) is 0 Å². The molecule has 0 saturated heterocycles. The molecular weight excluding hydrogens is 316 g/mol. The largest absolute Gasteiger partial charge is 0.493 e. The Morgan fingerprint density at radius 2 is 1.76 bits per heavy atom. The molecule has 0 atom stereocenters. The van der Waals surface area contributed by atoms with Crippen molar-refractivity contribution in [3.63, 3.8) is 0 Å². The molecule has 0 aromatic heterocycles. The first kappa shape index (κ1) is 18.8. The molecule has 2 aromatic carbocycles. The Bertz CT molecular complexity index is 688. The van der Waals surface area contributed by atoms with Crippen molar-refractivity contribution in [3.8, 4) is 11.5 Å². The van der Waals surface area contributed by atoms with Gasteiger partial charge in [0.05, 0.1) is 20.2 Å². The van der Waals surface area contributed by atoms with Crippen molar-refractivity contribution >= 4 is 5.91 Å². The van der Waals surface area contributed by atoms with Crippen molar-refractivity contribution in [2.75, 3.05) is 33.9 Å². The summed E-state index contributed by atoms with van der Waals surface area (Å²) in [4.78, 5) is 14.0. The molecule has 25 heavy (non-hydrogen) atoms. The molecule has 0 bridgehead atoms. The van der Waals surface area contributed by atoms with Gasteiger partial charge in [-0.2, -0.15) is 0 Å². The van der Waals surface area contributed by atoms with Gasteiger partial charge in [0, 0.05) is 6.54 Å². The van der Waals surface area contributed by atoms with E-state index in [0.29, 0.717) is 31.2 Å². The fraction of sp³-hybridized carbons (Fsp3) is 0.350. The smallest absolute Gasteiger partial charge is 0.234 e. The predicted molar refractivity (Wildman–Crippen MR) is 99.0 cm³/mol. The fourth-order valence-corrected chi connectivity index (χ4v) is 2.52. The summed E-state index contributed by atoms with van der Waals surface area (Å²) in [5.74, 6) is 1.35. The van der Waals surface area contributed by atoms with Crippen LogP contribution in [0.1, 0.15) is 11.1 Å². The topological polar surface area (TPSA) is 50.8 Å². The summed E-state index contributed by atoms with van der Waals surface area (Å²) in [6.45, 7) is 4.03. The van der Waals surface area contributed by atoms with Crippen LogP contribution in [0.3, 0.4) is 0 Å². The third kappa shape index (κ3) is 6.12. The van der Waals surface area contributed by atoms with Gasteiger partial charge in [-0.25, -0.2) is 0 Å². The lowest BCUT2D eigenvalue weighted by molar-refractivity contribution is -0.122. The summed E-state index contributed by atoms with van der Waals surface area (Å²) in [5, 5.41) is 2.88. The molecule has 0 fully saturated rings. The summed E-state index contributed by atoms with van der Waals surface area (Å²) >= 11 is 0. The zero-order valence-corrected chi connectivity index (χ0v) is 15.1. The normalized spacial score (nSPS) is 10.6. The van der Waals surface area contributed by atoms with Crippen LogP contribution >= 0.6 is 0 Å². The van der Waals surface area contributed by atoms with Crippen LogP contribution < -0.4 is 14.8 Å². The van der Waals surface area contributed by atoms with Gasteiger partial charge in [-0.1, -0.05) is 36.4 Å². The summed E-state index contributed by atoms with van der Waals surface area (Å²) in [5.41, 5.74) is 2.47. The molecule has 0 unspecified atom stereocenters. The number of benzene rings is 2. The average molecular weight is 342 g/mol. The maximum Gasteiger partial charge on any atom is 0.234 e. The van der Waals surface area contributed by atoms with E-state index >= 15 is 0 Å². The first-order valence-electron chi connectivity index (χ1n) is 8.35. The van der Waals surface area contributed by atoms with E-state index in [-0.39, 0.29) is 5.91 Å². The maximum absolute atomic E-state index is 12.0. The second-order valence-electron chi connectivity index (χ2n) is 5.95. The highest BCUT2D eigenvalue weighted by atomic mass is 16.5. The second kappa shape index (κ2) is 9.69. The molecule has 2 rings (SSSR count). The van der Waals surface area contributed by atoms with Crippen LogP contribution in [0.15, 0.2) is 48.5 Å². The lowest BCUT2D eigenvalue weighted by Gasteiger charge is -2.17. The van der Waals surface area contributed by atoms with E-state index in [9.17, 15) is 4.79 Å². The third-order valence-corrected chi connectivity index (χ3v) is 3.87. The number of aryl methyl sites for hydroxylation is 1. The van der Waals surface area contributed by atoms with Gasteiger partial charge in [0.25, 0.3) is 0 Å². The quantitative estimate of drug-likeness (QED) is 0.712. The van der Waals surface area contributed by atoms with E-state index in [2.05, 4.69) is 24.4 Å². The van der Waals surface area contributed by atoms with E-state index in [0.717, 1.165) is 6.54 Å². The van der Waals surface area contributed by atoms with Gasteiger partial charge in [0.2, 0.25) is 5.91 Å². The van der Waals surface area contributed by atoms with Crippen molar-refractivity contribution in [2.45, 2.75) is 13.5 Å². The minimum Gasteiger partial charge on any atom is -0.493 e. The van der Waals surface area contributed by atoms with Crippen molar-refractivity contribution in [1.82, 2.24) is 10.2 Å². The highest BCUT2D eigenvalue weighted by Crippen LogP contribution is 2.25. The summed E-state index contributed by atoms with van der Waals surface area (Å²) < 4.78 is 10.9. The molecule has 1 N–H and O–H groups in total. The van der Waals surface area contributed by atoms with Gasteiger partial charge >= 0.3 is 0 Å². The average Bonchev–Trinajstić information content (AvgIpc) is 2.61. The molecule has 1 amide bonds. The molecule has 0 aliphatic heterocycles. The Morgan fingerprint density at radius 3 is 2.48 bits per heavy atom. The molecule has 0 heterocycles. The first-order valence-corrected chi connectivity index (χ1v) is 8.35. The van der Waals surface area contributed by atoms with E-state index in [1.807, 2.05) is 48.3 Å². The molecule has 5 nitrogen and oxygen atoms in total. The first-order chi connectivity index (χ1) is 12.1. The minimum absolute atomic E-state index is 0.0142. The Hall–Kier alpha value is -2.53. The zero-order chi connectivity index (χ0) is 18.1. The highest BCUT2D eigenvalue weighted by Gasteiger charge is 2.08. The number of ether oxygens (including phenoxy) is 2. The van der Waals surface area contributed by atoms with Crippen molar-refractivity contribution in [1.29, 1.82) is 0 Å². The Labute approximate surface area is 149 Å². The SMILES string of the molecule is COc1ccccc1OCCNC(=O)CN(C)Cc1ccccc1C. The van der Waals surface area contributed by atoms with Crippen molar-refractivity contribution < 1.29 is 14.3 Å². The summed E-state index contributed by atoms with van der Waals surface area (Å²) in [6, 6.07) is 15.7. The number of hydrogen-bond donors (Lipinski definition) is 1. The minimum atomic E-state index is -0.0142. The molecule has 5 heteroatoms. The number of methoxy groups -OCH3 is 1. The van der Waals surface area contributed by atoms with E-state index < -0.39 is 0 Å². The molecule has 2 aromatic rings. The maximum atomic E-state index is 12.0. The molecule has 0 saturated carbocycles. The van der Waals surface area contributed by atoms with Crippen LogP contribution in [0.2, 0.25) is 0 Å². The number of nitrogens with one attached hydrogen (secondary N) is 1. The van der Waals surface area contributed by atoms with Gasteiger partial charge in [0.1, 0.15) is 6.61 Å². The molecule has 0 aliphatic carbocycles. The monoisotopic (exact) mass is 342 g/mol. The second-order valence-corrected chi connectivity index (χ2v) is 5.95. The van der Waals surface area contributed by atoms with Gasteiger partial charge in [-0.15, -0.1) is 0 Å². The predicted octanol–water partition coefficient (Wildman–Crippen LogP) is 2.63. The molecule has 0 spiro atoms. The van der Waals surface area contributed by atoms with Gasteiger partial charge in [-0.3, -0.25) is 9.69 Å². The number of hydrogen-bond acceptors (Lipinski definition) is 4. The van der Waals surface area contributed by atoms with Crippen LogP contribution in [0, 0.1) is 6.92 Å². The number of amides is 1. The Morgan fingerprint density at radius 1 is 1.08 bits per heavy atom. The van der Waals surface area contributed by atoms with Crippen LogP contribution in [-0.2, 0) is 11.3 Å². The molecule has 134 valence electrons. The Kier molecular flexibility index (Phi) is 7.29. The fourth-order valence-electron chi connectivity index (χ4n) is 2.52. The number of rotatable bonds is 9. The number of carbonyl (C=O) groups excluding carboxylic acids is 1. The summed E-state index contributed by atoms with van der Waals surface area (Å²) in [7, 11) is 3.55. The number of carbonyl (C=O) groups is 1. The van der Waals surface area contributed by atoms with E-state index in [4.69, 9.17) is 9.47 Å². The number of nitrogens with zero attached hydrogens (tertiary/aromatic N) is 1. The standard InChI is InChI=1S/C20H26N2O3/c1-16-8-4-5-9-17(16)14-22(2)15-20(23)21-12-13-25-19-11-7-6-10-18(19)24-3/h4-11H,12-15H2,1-3H3,(H,21,23). The molecule has 0 radical (unpaired) electrons. The number of likely N-dealkylation sites (N-methyl/N-ethyl adjacent to an activating group) is 1. The summed E-state index contributed by atoms with van der Waals surface area (Å²) in [6.07, 6.45) is 0. The van der Waals surface area contributed by atoms with Crippen molar-refractivity contribution in [3.05, 3.63) is 59.7 Å². The highest BCUT2D eigenvalue weighted by molar-refractivity contribution is 5.77. The van der Waals surface area contributed by atoms with Gasteiger partial charge in [0.15, 0.2) is 11.5 Å². The van der Waals surface area contributed by atoms with Gasteiger partial charge < -0.3 is 14.8 Å². The lowest BCUT2D eigenvalue weighted by Crippen LogP contribution is -2.36. The van der Waals surface area contributed by atoms with Crippen LogP contribution in [0.25, 0.3) is 0 Å². The van der Waals surface area contributed by atoms with Crippen molar-refractivity contribution in [2.24, 2.45) is 0 Å². The van der Waals surface area contributed by atoms with E-state index in [1.54, 1.807) is 7.11 Å². The molecular formula is C20H26N2O3. The zero-order valence-electron chi connectivity index (χ0n) is 15.1. The third-order valence-electron chi connectivity index (χ3n) is 3.87. The van der Waals surface area contributed by atoms with Gasteiger partial charge in [-0.05, 0) is 37.2 Å². The molecule has 0 aliphatic rings. The van der Waals surface area contributed by atoms with Crippen LogP contribution in [-0.4, -0.2) is 44.7 Å². The number of para-hydroxylation sites is 2.